The van der Waals surface area contributed by atoms with Crippen LogP contribution in [0.3, 0.4) is 0 Å². The second-order valence-electron chi connectivity index (χ2n) is 5.62. The summed E-state index contributed by atoms with van der Waals surface area (Å²) in [5.74, 6) is 1.33. The SMILES string of the molecule is Cn1ccc(NC(=O)Nc2ncc(CCNc3ncnc4ccsc34)s2)n1. The molecule has 0 atom stereocenters. The zero-order valence-electron chi connectivity index (χ0n) is 14.3. The van der Waals surface area contributed by atoms with Crippen LogP contribution in [0.1, 0.15) is 4.88 Å². The molecule has 0 saturated carbocycles. The fraction of sp³-hybridized carbons (Fsp3) is 0.188. The molecule has 0 radical (unpaired) electrons. The smallest absolute Gasteiger partial charge is 0.326 e. The normalized spacial score (nSPS) is 10.9. The van der Waals surface area contributed by atoms with Crippen molar-refractivity contribution in [3.05, 3.63) is 41.1 Å². The van der Waals surface area contributed by atoms with Gasteiger partial charge in [-0.2, -0.15) is 5.10 Å². The minimum atomic E-state index is -0.367. The number of nitrogens with one attached hydrogen (secondary N) is 3. The molecule has 0 fully saturated rings. The molecule has 0 unspecified atom stereocenters. The minimum Gasteiger partial charge on any atom is -0.368 e. The highest BCUT2D eigenvalue weighted by Crippen LogP contribution is 2.25. The molecule has 138 valence electrons. The molecule has 27 heavy (non-hydrogen) atoms. The molecule has 0 spiro atoms. The van der Waals surface area contributed by atoms with Gasteiger partial charge in [0, 0.05) is 43.4 Å². The van der Waals surface area contributed by atoms with Gasteiger partial charge in [-0.15, -0.1) is 22.7 Å². The van der Waals surface area contributed by atoms with Crippen molar-refractivity contribution in [2.45, 2.75) is 6.42 Å². The first-order chi connectivity index (χ1) is 13.2. The van der Waals surface area contributed by atoms with Gasteiger partial charge in [-0.3, -0.25) is 15.3 Å². The Morgan fingerprint density at radius 2 is 2.15 bits per heavy atom. The molecule has 3 N–H and O–H groups in total. The Labute approximate surface area is 162 Å². The lowest BCUT2D eigenvalue weighted by molar-refractivity contribution is 0.262. The van der Waals surface area contributed by atoms with E-state index in [-0.39, 0.29) is 6.03 Å². The second-order valence-corrected chi connectivity index (χ2v) is 7.65. The standard InChI is InChI=1S/C16H16N8OS2/c1-24-6-3-12(23-24)21-15(25)22-16-18-8-10(27-16)2-5-17-14-13-11(4-7-26-13)19-9-20-14/h3-4,6-9H,2,5H2,1H3,(H,17,19,20)(H2,18,21,22,23,25). The molecule has 0 aliphatic heterocycles. The van der Waals surface area contributed by atoms with Crippen molar-refractivity contribution in [3.8, 4) is 0 Å². The lowest BCUT2D eigenvalue weighted by Crippen LogP contribution is -2.19. The summed E-state index contributed by atoms with van der Waals surface area (Å²) in [6, 6.07) is 3.33. The molecule has 9 nitrogen and oxygen atoms in total. The molecular formula is C16H16N8OS2. The van der Waals surface area contributed by atoms with E-state index in [1.807, 2.05) is 11.4 Å². The number of aryl methyl sites for hydroxylation is 1. The first kappa shape index (κ1) is 17.4. The summed E-state index contributed by atoms with van der Waals surface area (Å²) >= 11 is 3.05. The summed E-state index contributed by atoms with van der Waals surface area (Å²) in [7, 11) is 1.79. The van der Waals surface area contributed by atoms with E-state index in [1.165, 1.54) is 11.3 Å². The predicted molar refractivity (Wildman–Crippen MR) is 108 cm³/mol. The lowest BCUT2D eigenvalue weighted by Gasteiger charge is -2.04. The number of carbonyl (C=O) groups is 1. The lowest BCUT2D eigenvalue weighted by atomic mass is 10.3. The van der Waals surface area contributed by atoms with E-state index in [0.717, 1.165) is 27.3 Å². The highest BCUT2D eigenvalue weighted by Gasteiger charge is 2.09. The third kappa shape index (κ3) is 4.20. The predicted octanol–water partition coefficient (Wildman–Crippen LogP) is 3.18. The van der Waals surface area contributed by atoms with E-state index in [0.29, 0.717) is 17.5 Å². The molecular weight excluding hydrogens is 384 g/mol. The van der Waals surface area contributed by atoms with E-state index in [1.54, 1.807) is 47.9 Å². The molecule has 0 aliphatic carbocycles. The number of hydrogen-bond acceptors (Lipinski definition) is 8. The second kappa shape index (κ2) is 7.68. The van der Waals surface area contributed by atoms with Crippen LogP contribution in [0.25, 0.3) is 10.2 Å². The molecule has 4 rings (SSSR count). The number of nitrogens with zero attached hydrogens (tertiary/aromatic N) is 5. The third-order valence-corrected chi connectivity index (χ3v) is 5.52. The first-order valence-electron chi connectivity index (χ1n) is 8.12. The van der Waals surface area contributed by atoms with Crippen LogP contribution in [-0.2, 0) is 13.5 Å². The number of thiazole rings is 1. The zero-order valence-corrected chi connectivity index (χ0v) is 16.0. The van der Waals surface area contributed by atoms with Crippen LogP contribution in [0.2, 0.25) is 0 Å². The van der Waals surface area contributed by atoms with E-state index in [4.69, 9.17) is 0 Å². The average molecular weight is 400 g/mol. The number of thiophene rings is 1. The molecule has 0 aliphatic rings. The number of aromatic nitrogens is 5. The van der Waals surface area contributed by atoms with E-state index >= 15 is 0 Å². The summed E-state index contributed by atoms with van der Waals surface area (Å²) < 4.78 is 2.67. The molecule has 0 aromatic carbocycles. The Hall–Kier alpha value is -3.05. The fourth-order valence-corrected chi connectivity index (χ4v) is 4.04. The number of anilines is 3. The van der Waals surface area contributed by atoms with Crippen LogP contribution in [0, 0.1) is 0 Å². The van der Waals surface area contributed by atoms with Crippen molar-refractivity contribution >= 4 is 55.7 Å². The summed E-state index contributed by atoms with van der Waals surface area (Å²) in [5, 5.41) is 15.4. The van der Waals surface area contributed by atoms with Gasteiger partial charge in [-0.05, 0) is 11.4 Å². The monoisotopic (exact) mass is 400 g/mol. The average Bonchev–Trinajstić information content (AvgIpc) is 3.37. The number of amides is 2. The third-order valence-electron chi connectivity index (χ3n) is 3.64. The van der Waals surface area contributed by atoms with Crippen LogP contribution in [-0.4, -0.2) is 37.3 Å². The fourth-order valence-electron chi connectivity index (χ4n) is 2.43. The summed E-state index contributed by atoms with van der Waals surface area (Å²) in [6.07, 6.45) is 5.86. The van der Waals surface area contributed by atoms with Crippen LogP contribution >= 0.6 is 22.7 Å². The molecule has 11 heteroatoms. The number of hydrogen-bond donors (Lipinski definition) is 3. The highest BCUT2D eigenvalue weighted by molar-refractivity contribution is 7.17. The summed E-state index contributed by atoms with van der Waals surface area (Å²) in [6.45, 7) is 0.714. The van der Waals surface area contributed by atoms with Crippen LogP contribution < -0.4 is 16.0 Å². The molecule has 4 aromatic heterocycles. The molecule has 4 aromatic rings. The largest absolute Gasteiger partial charge is 0.368 e. The van der Waals surface area contributed by atoms with E-state index < -0.39 is 0 Å². The van der Waals surface area contributed by atoms with E-state index in [9.17, 15) is 4.79 Å². The molecule has 2 amide bonds. The van der Waals surface area contributed by atoms with Gasteiger partial charge in [0.2, 0.25) is 0 Å². The quantitative estimate of drug-likeness (QED) is 0.459. The highest BCUT2D eigenvalue weighted by atomic mass is 32.1. The Morgan fingerprint density at radius 1 is 1.22 bits per heavy atom. The van der Waals surface area contributed by atoms with Gasteiger partial charge < -0.3 is 5.32 Å². The van der Waals surface area contributed by atoms with Crippen molar-refractivity contribution in [2.75, 3.05) is 22.5 Å². The Kier molecular flexibility index (Phi) is 4.94. The van der Waals surface area contributed by atoms with Crippen molar-refractivity contribution < 1.29 is 4.79 Å². The van der Waals surface area contributed by atoms with Gasteiger partial charge in [-0.25, -0.2) is 19.7 Å². The number of carbonyl (C=O) groups excluding carboxylic acids is 1. The molecule has 0 bridgehead atoms. The van der Waals surface area contributed by atoms with Crippen molar-refractivity contribution in [3.63, 3.8) is 0 Å². The number of fused-ring (bicyclic) bond motifs is 1. The zero-order chi connectivity index (χ0) is 18.6. The molecule has 0 saturated heterocycles. The topological polar surface area (TPSA) is 110 Å². The summed E-state index contributed by atoms with van der Waals surface area (Å²) in [5.41, 5.74) is 0.945. The van der Waals surface area contributed by atoms with Crippen LogP contribution in [0.4, 0.5) is 21.6 Å². The van der Waals surface area contributed by atoms with Gasteiger partial charge in [0.05, 0.1) is 10.2 Å². The minimum absolute atomic E-state index is 0.367. The van der Waals surface area contributed by atoms with Gasteiger partial charge in [0.25, 0.3) is 0 Å². The van der Waals surface area contributed by atoms with Crippen molar-refractivity contribution in [1.82, 2.24) is 24.7 Å². The summed E-state index contributed by atoms with van der Waals surface area (Å²) in [4.78, 5) is 25.8. The van der Waals surface area contributed by atoms with Crippen LogP contribution in [0.5, 0.6) is 0 Å². The Balaban J connectivity index is 1.29. The maximum Gasteiger partial charge on any atom is 0.326 e. The van der Waals surface area contributed by atoms with Gasteiger partial charge >= 0.3 is 6.03 Å². The maximum atomic E-state index is 12.0. The van der Waals surface area contributed by atoms with Gasteiger partial charge in [-0.1, -0.05) is 0 Å². The van der Waals surface area contributed by atoms with Crippen molar-refractivity contribution in [1.29, 1.82) is 0 Å². The maximum absolute atomic E-state index is 12.0. The van der Waals surface area contributed by atoms with Crippen molar-refractivity contribution in [2.24, 2.45) is 7.05 Å². The number of urea groups is 1. The Morgan fingerprint density at radius 3 is 3.00 bits per heavy atom. The first-order valence-corrected chi connectivity index (χ1v) is 9.81. The molecule has 4 heterocycles. The Bertz CT molecular complexity index is 1070. The van der Waals surface area contributed by atoms with Gasteiger partial charge in [0.15, 0.2) is 10.9 Å². The van der Waals surface area contributed by atoms with Gasteiger partial charge in [0.1, 0.15) is 12.1 Å². The van der Waals surface area contributed by atoms with Crippen LogP contribution in [0.15, 0.2) is 36.2 Å². The van der Waals surface area contributed by atoms with E-state index in [2.05, 4.69) is 36.0 Å². The number of rotatable bonds is 6.